The largest absolute Gasteiger partial charge is 0.366 e. The molecule has 1 amide bonds. The third kappa shape index (κ3) is 10.7. The Labute approximate surface area is 86.2 Å². The van der Waals surface area contributed by atoms with Gasteiger partial charge in [-0.05, 0) is 12.8 Å². The van der Waals surface area contributed by atoms with Gasteiger partial charge in [0.15, 0.2) is 0 Å². The molecular weight excluding hydrogens is 174 g/mol. The molecule has 0 aliphatic heterocycles. The van der Waals surface area contributed by atoms with E-state index in [9.17, 15) is 4.79 Å². The van der Waals surface area contributed by atoms with Gasteiger partial charge in [0.1, 0.15) is 0 Å². The van der Waals surface area contributed by atoms with Gasteiger partial charge >= 0.3 is 0 Å². The number of hydrogen-bond acceptors (Lipinski definition) is 1. The SMILES string of the molecule is CCCCC/C=C/C=C/C=C/C(N)=O. The first kappa shape index (κ1) is 12.7. The summed E-state index contributed by atoms with van der Waals surface area (Å²) in [5.74, 6) is -0.415. The fourth-order valence-corrected chi connectivity index (χ4v) is 0.966. The van der Waals surface area contributed by atoms with E-state index < -0.39 is 5.91 Å². The Morgan fingerprint density at radius 1 is 1.14 bits per heavy atom. The minimum absolute atomic E-state index is 0.415. The van der Waals surface area contributed by atoms with Gasteiger partial charge in [-0.15, -0.1) is 0 Å². The van der Waals surface area contributed by atoms with Gasteiger partial charge in [0, 0.05) is 6.08 Å². The number of unbranched alkanes of at least 4 members (excludes halogenated alkanes) is 3. The van der Waals surface area contributed by atoms with E-state index in [4.69, 9.17) is 5.73 Å². The van der Waals surface area contributed by atoms with Crippen molar-refractivity contribution in [3.63, 3.8) is 0 Å². The summed E-state index contributed by atoms with van der Waals surface area (Å²) in [6.45, 7) is 2.19. The first-order chi connectivity index (χ1) is 6.77. The molecule has 0 heterocycles. The molecule has 0 aliphatic rings. The van der Waals surface area contributed by atoms with E-state index in [1.54, 1.807) is 12.2 Å². The average Bonchev–Trinajstić information content (AvgIpc) is 2.15. The van der Waals surface area contributed by atoms with E-state index >= 15 is 0 Å². The molecule has 2 nitrogen and oxygen atoms in total. The van der Waals surface area contributed by atoms with Crippen molar-refractivity contribution in [2.45, 2.75) is 32.6 Å². The summed E-state index contributed by atoms with van der Waals surface area (Å²) in [5, 5.41) is 0. The highest BCUT2D eigenvalue weighted by atomic mass is 16.1. The first-order valence-electron chi connectivity index (χ1n) is 5.06. The molecule has 0 aromatic heterocycles. The van der Waals surface area contributed by atoms with Crippen LogP contribution in [0.15, 0.2) is 36.5 Å². The fourth-order valence-electron chi connectivity index (χ4n) is 0.966. The van der Waals surface area contributed by atoms with Crippen LogP contribution in [-0.4, -0.2) is 5.91 Å². The van der Waals surface area contributed by atoms with Crippen LogP contribution in [0.2, 0.25) is 0 Å². The standard InChI is InChI=1S/C12H19NO/c1-2-3-4-5-6-7-8-9-10-11-12(13)14/h6-11H,2-5H2,1H3,(H2,13,14)/b7-6+,9-8+,11-10+. The van der Waals surface area contributed by atoms with Gasteiger partial charge in [-0.3, -0.25) is 4.79 Å². The second kappa shape index (κ2) is 9.78. The van der Waals surface area contributed by atoms with Crippen LogP contribution in [0, 0.1) is 0 Å². The van der Waals surface area contributed by atoms with Crippen molar-refractivity contribution >= 4 is 5.91 Å². The summed E-state index contributed by atoms with van der Waals surface area (Å²) in [5.41, 5.74) is 4.91. The van der Waals surface area contributed by atoms with E-state index in [1.165, 1.54) is 25.3 Å². The molecule has 0 saturated carbocycles. The van der Waals surface area contributed by atoms with Crippen LogP contribution in [-0.2, 0) is 4.79 Å². The first-order valence-corrected chi connectivity index (χ1v) is 5.06. The Morgan fingerprint density at radius 2 is 1.86 bits per heavy atom. The zero-order chi connectivity index (χ0) is 10.6. The molecule has 0 aliphatic carbocycles. The lowest BCUT2D eigenvalue weighted by atomic mass is 10.2. The number of primary amides is 1. The zero-order valence-electron chi connectivity index (χ0n) is 8.78. The molecule has 0 bridgehead atoms. The molecule has 0 aromatic rings. The molecular formula is C12H19NO. The fraction of sp³-hybridized carbons (Fsp3) is 0.417. The number of amides is 1. The van der Waals surface area contributed by atoms with Gasteiger partial charge in [0.2, 0.25) is 5.91 Å². The molecule has 0 aromatic carbocycles. The monoisotopic (exact) mass is 193 g/mol. The van der Waals surface area contributed by atoms with Crippen molar-refractivity contribution in [1.29, 1.82) is 0 Å². The van der Waals surface area contributed by atoms with Crippen molar-refractivity contribution in [3.05, 3.63) is 36.5 Å². The maximum absolute atomic E-state index is 10.3. The second-order valence-electron chi connectivity index (χ2n) is 3.07. The quantitative estimate of drug-likeness (QED) is 0.377. The van der Waals surface area contributed by atoms with Gasteiger partial charge in [-0.1, -0.05) is 50.1 Å². The highest BCUT2D eigenvalue weighted by molar-refractivity contribution is 5.85. The second-order valence-corrected chi connectivity index (χ2v) is 3.07. The Bertz CT molecular complexity index is 226. The molecule has 0 atom stereocenters. The van der Waals surface area contributed by atoms with Gasteiger partial charge in [-0.25, -0.2) is 0 Å². The van der Waals surface area contributed by atoms with E-state index in [0.717, 1.165) is 6.42 Å². The smallest absolute Gasteiger partial charge is 0.241 e. The Kier molecular flexibility index (Phi) is 8.86. The van der Waals surface area contributed by atoms with Crippen molar-refractivity contribution in [1.82, 2.24) is 0 Å². The number of nitrogens with two attached hydrogens (primary N) is 1. The lowest BCUT2D eigenvalue weighted by molar-refractivity contribution is -0.113. The molecule has 2 N–H and O–H groups in total. The molecule has 78 valence electrons. The lowest BCUT2D eigenvalue weighted by Crippen LogP contribution is -2.04. The summed E-state index contributed by atoms with van der Waals surface area (Å²) in [6.07, 6.45) is 15.7. The molecule has 0 radical (unpaired) electrons. The molecule has 0 unspecified atom stereocenters. The highest BCUT2D eigenvalue weighted by Gasteiger charge is 1.79. The van der Waals surface area contributed by atoms with Crippen LogP contribution in [0.3, 0.4) is 0 Å². The van der Waals surface area contributed by atoms with Crippen LogP contribution in [0.1, 0.15) is 32.6 Å². The maximum Gasteiger partial charge on any atom is 0.241 e. The van der Waals surface area contributed by atoms with Crippen molar-refractivity contribution in [2.75, 3.05) is 0 Å². The number of allylic oxidation sites excluding steroid dienone is 5. The van der Waals surface area contributed by atoms with Gasteiger partial charge in [0.05, 0.1) is 0 Å². The zero-order valence-corrected chi connectivity index (χ0v) is 8.78. The number of rotatable bonds is 7. The van der Waals surface area contributed by atoms with Gasteiger partial charge in [-0.2, -0.15) is 0 Å². The third-order valence-electron chi connectivity index (χ3n) is 1.70. The summed E-state index contributed by atoms with van der Waals surface area (Å²) in [7, 11) is 0. The molecule has 0 spiro atoms. The van der Waals surface area contributed by atoms with Gasteiger partial charge < -0.3 is 5.73 Å². The van der Waals surface area contributed by atoms with E-state index in [0.29, 0.717) is 0 Å². The number of carbonyl (C=O) groups excluding carboxylic acids is 1. The average molecular weight is 193 g/mol. The topological polar surface area (TPSA) is 43.1 Å². The number of hydrogen-bond donors (Lipinski definition) is 1. The Morgan fingerprint density at radius 3 is 2.50 bits per heavy atom. The van der Waals surface area contributed by atoms with Gasteiger partial charge in [0.25, 0.3) is 0 Å². The van der Waals surface area contributed by atoms with Crippen molar-refractivity contribution in [2.24, 2.45) is 5.73 Å². The molecule has 0 fully saturated rings. The Balaban J connectivity index is 3.46. The lowest BCUT2D eigenvalue weighted by Gasteiger charge is -1.89. The van der Waals surface area contributed by atoms with Crippen LogP contribution in [0.5, 0.6) is 0 Å². The van der Waals surface area contributed by atoms with Crippen LogP contribution >= 0.6 is 0 Å². The van der Waals surface area contributed by atoms with E-state index in [-0.39, 0.29) is 0 Å². The van der Waals surface area contributed by atoms with Crippen LogP contribution in [0.4, 0.5) is 0 Å². The maximum atomic E-state index is 10.3. The van der Waals surface area contributed by atoms with E-state index in [2.05, 4.69) is 13.0 Å². The predicted molar refractivity (Wildman–Crippen MR) is 60.8 cm³/mol. The van der Waals surface area contributed by atoms with Crippen molar-refractivity contribution < 1.29 is 4.79 Å². The van der Waals surface area contributed by atoms with Crippen molar-refractivity contribution in [3.8, 4) is 0 Å². The van der Waals surface area contributed by atoms with Crippen LogP contribution in [0.25, 0.3) is 0 Å². The Hall–Kier alpha value is -1.31. The minimum Gasteiger partial charge on any atom is -0.366 e. The molecule has 2 heteroatoms. The predicted octanol–water partition coefficient (Wildman–Crippen LogP) is 2.72. The highest BCUT2D eigenvalue weighted by Crippen LogP contribution is 1.99. The molecule has 0 rings (SSSR count). The summed E-state index contributed by atoms with van der Waals surface area (Å²) >= 11 is 0. The summed E-state index contributed by atoms with van der Waals surface area (Å²) in [4.78, 5) is 10.3. The molecule has 14 heavy (non-hydrogen) atoms. The summed E-state index contributed by atoms with van der Waals surface area (Å²) in [6, 6.07) is 0. The van der Waals surface area contributed by atoms with E-state index in [1.807, 2.05) is 12.2 Å². The number of carbonyl (C=O) groups is 1. The third-order valence-corrected chi connectivity index (χ3v) is 1.70. The normalized spacial score (nSPS) is 12.1. The molecule has 0 saturated heterocycles. The van der Waals surface area contributed by atoms with Crippen LogP contribution < -0.4 is 5.73 Å². The minimum atomic E-state index is -0.415. The summed E-state index contributed by atoms with van der Waals surface area (Å²) < 4.78 is 0.